The number of likely N-dealkylation sites (tertiary alicyclic amines) is 1. The molecular weight excluding hydrogens is 306 g/mol. The van der Waals surface area contributed by atoms with Gasteiger partial charge in [0.2, 0.25) is 5.91 Å². The Bertz CT molecular complexity index is 654. The lowest BCUT2D eigenvalue weighted by atomic mass is 9.75. The molecule has 0 saturated carbocycles. The summed E-state index contributed by atoms with van der Waals surface area (Å²) >= 11 is 0. The Labute approximate surface area is 142 Å². The topological polar surface area (TPSA) is 69.7 Å². The zero-order chi connectivity index (χ0) is 17.2. The zero-order valence-corrected chi connectivity index (χ0v) is 14.4. The van der Waals surface area contributed by atoms with Gasteiger partial charge in [0, 0.05) is 18.4 Å². The van der Waals surface area contributed by atoms with Gasteiger partial charge in [0.15, 0.2) is 0 Å². The summed E-state index contributed by atoms with van der Waals surface area (Å²) in [6, 6.07) is 0. The molecule has 2 saturated heterocycles. The largest absolute Gasteiger partial charge is 0.550 e. The number of allylic oxidation sites excluding steroid dienone is 2. The molecule has 4 rings (SSSR count). The second kappa shape index (κ2) is 5.19. The predicted octanol–water partition coefficient (Wildman–Crippen LogP) is 0.757. The molecule has 0 aromatic carbocycles. The Hall–Kier alpha value is -1.62. The van der Waals surface area contributed by atoms with Gasteiger partial charge in [-0.3, -0.25) is 4.79 Å². The number of carbonyl (C=O) groups is 2. The summed E-state index contributed by atoms with van der Waals surface area (Å²) in [6.45, 7) is 7.74. The normalized spacial score (nSPS) is 46.4. The standard InChI is InChI=1S/C19H25NO4/c1-10-6-11(2)13(12(3)7-10)8-20-9-19-5-4-14(24-19)15(18(22)23)16(19)17(20)21/h4-6,11-16H,7-9H2,1-3H3,(H,22,23)/p-1/t11-,12+,13-,14+,15-,16+,19-/m0/s1. The molecule has 3 heterocycles. The molecule has 4 aliphatic rings. The Morgan fingerprint density at radius 1 is 1.46 bits per heavy atom. The van der Waals surface area contributed by atoms with Crippen LogP contribution in [0.1, 0.15) is 27.2 Å². The average Bonchev–Trinajstić information content (AvgIpc) is 3.11. The third kappa shape index (κ3) is 2.10. The van der Waals surface area contributed by atoms with Crippen molar-refractivity contribution in [2.45, 2.75) is 38.9 Å². The molecule has 5 nitrogen and oxygen atoms in total. The monoisotopic (exact) mass is 330 g/mol. The predicted molar refractivity (Wildman–Crippen MR) is 85.5 cm³/mol. The molecule has 0 unspecified atom stereocenters. The van der Waals surface area contributed by atoms with E-state index in [1.54, 1.807) is 6.08 Å². The maximum absolute atomic E-state index is 12.9. The summed E-state index contributed by atoms with van der Waals surface area (Å²) in [5.74, 6) is -1.40. The van der Waals surface area contributed by atoms with Crippen LogP contribution in [0.15, 0.2) is 23.8 Å². The third-order valence-corrected chi connectivity index (χ3v) is 6.48. The van der Waals surface area contributed by atoms with E-state index < -0.39 is 29.5 Å². The van der Waals surface area contributed by atoms with Crippen LogP contribution in [0.25, 0.3) is 0 Å². The highest BCUT2D eigenvalue weighted by Crippen LogP contribution is 2.52. The second-order valence-electron chi connectivity index (χ2n) is 8.16. The maximum Gasteiger partial charge on any atom is 0.229 e. The number of hydrogen-bond donors (Lipinski definition) is 0. The molecule has 0 radical (unpaired) electrons. The molecule has 2 bridgehead atoms. The van der Waals surface area contributed by atoms with Crippen molar-refractivity contribution in [3.05, 3.63) is 23.8 Å². The van der Waals surface area contributed by atoms with Gasteiger partial charge in [0.1, 0.15) is 5.60 Å². The van der Waals surface area contributed by atoms with E-state index in [9.17, 15) is 14.7 Å². The summed E-state index contributed by atoms with van der Waals surface area (Å²) in [6.07, 6.45) is 6.54. The number of aliphatic carboxylic acids is 1. The molecule has 2 fully saturated rings. The lowest BCUT2D eigenvalue weighted by Gasteiger charge is -2.36. The van der Waals surface area contributed by atoms with Crippen LogP contribution in [-0.4, -0.2) is 41.6 Å². The van der Waals surface area contributed by atoms with Crippen molar-refractivity contribution in [3.63, 3.8) is 0 Å². The smallest absolute Gasteiger partial charge is 0.229 e. The van der Waals surface area contributed by atoms with Crippen molar-refractivity contribution in [1.82, 2.24) is 4.90 Å². The number of ether oxygens (including phenoxy) is 1. The summed E-state index contributed by atoms with van der Waals surface area (Å²) in [5.41, 5.74) is 0.663. The molecule has 1 aliphatic carbocycles. The lowest BCUT2D eigenvalue weighted by molar-refractivity contribution is -0.313. The molecular formula is C19H24NO4-. The molecule has 1 spiro atoms. The number of carboxylic acids is 1. The maximum atomic E-state index is 12.9. The van der Waals surface area contributed by atoms with E-state index in [-0.39, 0.29) is 5.91 Å². The van der Waals surface area contributed by atoms with E-state index >= 15 is 0 Å². The number of amides is 1. The van der Waals surface area contributed by atoms with Gasteiger partial charge in [-0.2, -0.15) is 0 Å². The molecule has 24 heavy (non-hydrogen) atoms. The van der Waals surface area contributed by atoms with Crippen LogP contribution in [-0.2, 0) is 14.3 Å². The van der Waals surface area contributed by atoms with E-state index in [0.29, 0.717) is 30.8 Å². The Kier molecular flexibility index (Phi) is 3.43. The number of hydrogen-bond acceptors (Lipinski definition) is 4. The quantitative estimate of drug-likeness (QED) is 0.716. The Morgan fingerprint density at radius 2 is 2.21 bits per heavy atom. The second-order valence-corrected chi connectivity index (χ2v) is 8.16. The van der Waals surface area contributed by atoms with Gasteiger partial charge in [0.25, 0.3) is 0 Å². The SMILES string of the molecule is CC1=C[C@H](C)[C@H](CN2C[C@]34C=C[C@@H](O3)[C@H](C(=O)[O-])[C@@H]4C2=O)[C@H](C)C1. The Morgan fingerprint density at radius 3 is 2.88 bits per heavy atom. The first-order valence-electron chi connectivity index (χ1n) is 8.86. The van der Waals surface area contributed by atoms with Gasteiger partial charge in [-0.15, -0.1) is 0 Å². The fraction of sp³-hybridized carbons (Fsp3) is 0.684. The van der Waals surface area contributed by atoms with Gasteiger partial charge in [-0.05, 0) is 31.1 Å². The highest BCUT2D eigenvalue weighted by atomic mass is 16.5. The van der Waals surface area contributed by atoms with Crippen molar-refractivity contribution >= 4 is 11.9 Å². The van der Waals surface area contributed by atoms with Crippen molar-refractivity contribution < 1.29 is 19.4 Å². The molecule has 130 valence electrons. The number of carbonyl (C=O) groups excluding carboxylic acids is 2. The van der Waals surface area contributed by atoms with E-state index in [1.807, 2.05) is 11.0 Å². The van der Waals surface area contributed by atoms with E-state index in [1.165, 1.54) is 5.57 Å². The minimum absolute atomic E-state index is 0.0817. The highest BCUT2D eigenvalue weighted by molar-refractivity contribution is 5.90. The van der Waals surface area contributed by atoms with Crippen LogP contribution in [0.5, 0.6) is 0 Å². The van der Waals surface area contributed by atoms with E-state index in [2.05, 4.69) is 26.8 Å². The van der Waals surface area contributed by atoms with Crippen molar-refractivity contribution in [2.24, 2.45) is 29.6 Å². The minimum Gasteiger partial charge on any atom is -0.550 e. The average molecular weight is 330 g/mol. The van der Waals surface area contributed by atoms with Gasteiger partial charge < -0.3 is 19.5 Å². The molecule has 0 aromatic heterocycles. The summed E-state index contributed by atoms with van der Waals surface area (Å²) in [7, 11) is 0. The number of fused-ring (bicyclic) bond motifs is 1. The first kappa shape index (κ1) is 15.9. The van der Waals surface area contributed by atoms with Crippen LogP contribution < -0.4 is 5.11 Å². The van der Waals surface area contributed by atoms with Gasteiger partial charge >= 0.3 is 0 Å². The molecule has 3 aliphatic heterocycles. The van der Waals surface area contributed by atoms with Gasteiger partial charge in [0.05, 0.1) is 18.6 Å². The minimum atomic E-state index is -1.18. The van der Waals surface area contributed by atoms with Crippen molar-refractivity contribution in [1.29, 1.82) is 0 Å². The van der Waals surface area contributed by atoms with Crippen molar-refractivity contribution in [3.8, 4) is 0 Å². The van der Waals surface area contributed by atoms with Crippen LogP contribution in [0.4, 0.5) is 0 Å². The summed E-state index contributed by atoms with van der Waals surface area (Å²) < 4.78 is 5.91. The van der Waals surface area contributed by atoms with Crippen molar-refractivity contribution in [2.75, 3.05) is 13.1 Å². The number of carboxylic acid groups (broad SMARTS) is 1. The number of rotatable bonds is 3. The molecule has 1 amide bonds. The first-order valence-corrected chi connectivity index (χ1v) is 8.86. The molecule has 7 atom stereocenters. The number of nitrogens with zero attached hydrogens (tertiary/aromatic N) is 1. The van der Waals surface area contributed by atoms with Crippen LogP contribution >= 0.6 is 0 Å². The fourth-order valence-corrected chi connectivity index (χ4v) is 5.42. The summed E-state index contributed by atoms with van der Waals surface area (Å²) in [4.78, 5) is 26.3. The molecule has 5 heteroatoms. The highest BCUT2D eigenvalue weighted by Gasteiger charge is 2.65. The fourth-order valence-electron chi connectivity index (χ4n) is 5.42. The third-order valence-electron chi connectivity index (χ3n) is 6.48. The van der Waals surface area contributed by atoms with Gasteiger partial charge in [-0.1, -0.05) is 37.6 Å². The van der Waals surface area contributed by atoms with E-state index in [0.717, 1.165) is 6.42 Å². The molecule has 0 N–H and O–H groups in total. The van der Waals surface area contributed by atoms with E-state index in [4.69, 9.17) is 4.74 Å². The van der Waals surface area contributed by atoms with Crippen LogP contribution in [0.2, 0.25) is 0 Å². The molecule has 0 aromatic rings. The van der Waals surface area contributed by atoms with Crippen LogP contribution in [0.3, 0.4) is 0 Å². The Balaban J connectivity index is 1.56. The first-order chi connectivity index (χ1) is 11.3. The van der Waals surface area contributed by atoms with Gasteiger partial charge in [-0.25, -0.2) is 0 Å². The van der Waals surface area contributed by atoms with Crippen LogP contribution in [0, 0.1) is 29.6 Å². The zero-order valence-electron chi connectivity index (χ0n) is 14.4. The summed E-state index contributed by atoms with van der Waals surface area (Å²) in [5, 5.41) is 11.5. The lowest BCUT2D eigenvalue weighted by Crippen LogP contribution is -2.45.